The first kappa shape index (κ1) is 15.0. The van der Waals surface area contributed by atoms with Crippen molar-refractivity contribution in [1.82, 2.24) is 0 Å². The van der Waals surface area contributed by atoms with Gasteiger partial charge in [-0.1, -0.05) is 48.3 Å². The van der Waals surface area contributed by atoms with E-state index in [1.165, 1.54) is 5.57 Å². The van der Waals surface area contributed by atoms with Gasteiger partial charge in [-0.3, -0.25) is 0 Å². The van der Waals surface area contributed by atoms with Crippen LogP contribution >= 0.6 is 22.9 Å². The van der Waals surface area contributed by atoms with Crippen LogP contribution in [0.15, 0.2) is 50.8 Å². The average Bonchev–Trinajstić information content (AvgIpc) is 2.52. The van der Waals surface area contributed by atoms with E-state index in [-0.39, 0.29) is 0 Å². The Labute approximate surface area is 124 Å². The Hall–Kier alpha value is -1.08. The van der Waals surface area contributed by atoms with Crippen LogP contribution in [0.4, 0.5) is 0 Å². The van der Waals surface area contributed by atoms with Gasteiger partial charge in [0.25, 0.3) is 0 Å². The molecule has 94 valence electrons. The van der Waals surface area contributed by atoms with E-state index in [0.717, 1.165) is 30.5 Å². The van der Waals surface area contributed by atoms with Gasteiger partial charge in [0.1, 0.15) is 0 Å². The zero-order valence-corrected chi connectivity index (χ0v) is 13.1. The quantitative estimate of drug-likeness (QED) is 0.359. The van der Waals surface area contributed by atoms with Crippen LogP contribution in [0.3, 0.4) is 0 Å². The van der Waals surface area contributed by atoms with Gasteiger partial charge in [-0.15, -0.1) is 0 Å². The lowest BCUT2D eigenvalue weighted by Crippen LogP contribution is -1.93. The summed E-state index contributed by atoms with van der Waals surface area (Å²) in [5, 5.41) is 0. The van der Waals surface area contributed by atoms with Gasteiger partial charge in [-0.25, -0.2) is 3.21 Å². The van der Waals surface area contributed by atoms with Gasteiger partial charge in [0.2, 0.25) is 0 Å². The fraction of sp³-hybridized carbons (Fsp3) is 0.312. The summed E-state index contributed by atoms with van der Waals surface area (Å²) in [5.74, 6) is 6.47. The molecule has 18 heavy (non-hydrogen) atoms. The van der Waals surface area contributed by atoms with Gasteiger partial charge in [-0.2, -0.15) is 0 Å². The molecule has 0 aromatic heterocycles. The molecule has 0 fully saturated rings. The summed E-state index contributed by atoms with van der Waals surface area (Å²) >= 11 is 2.01. The normalized spacial score (nSPS) is 23.6. The summed E-state index contributed by atoms with van der Waals surface area (Å²) in [6.07, 6.45) is 15.8. The Morgan fingerprint density at radius 2 is 2.22 bits per heavy atom. The average molecular weight is 351 g/mol. The molecule has 0 aromatic carbocycles. The Balaban J connectivity index is 2.86. The molecule has 1 nitrogen and oxygen atoms in total. The van der Waals surface area contributed by atoms with E-state index in [1.54, 1.807) is 0 Å². The molecular weight excluding hydrogens is 333 g/mol. The van der Waals surface area contributed by atoms with E-state index in [4.69, 9.17) is 0 Å². The van der Waals surface area contributed by atoms with Gasteiger partial charge in [0, 0.05) is 11.1 Å². The first-order valence-corrected chi connectivity index (χ1v) is 7.11. The van der Waals surface area contributed by atoms with Crippen LogP contribution in [0.1, 0.15) is 33.1 Å². The summed E-state index contributed by atoms with van der Waals surface area (Å²) in [5.41, 5.74) is 3.18. The summed E-state index contributed by atoms with van der Waals surface area (Å²) < 4.78 is 4.14. The minimum Gasteiger partial charge on any atom is -0.219 e. The molecule has 0 radical (unpaired) electrons. The van der Waals surface area contributed by atoms with Crippen LogP contribution in [-0.4, -0.2) is 5.71 Å². The number of halogens is 1. The predicted molar refractivity (Wildman–Crippen MR) is 88.9 cm³/mol. The lowest BCUT2D eigenvalue weighted by molar-refractivity contribution is 0.851. The van der Waals surface area contributed by atoms with Crippen LogP contribution in [-0.2, 0) is 0 Å². The van der Waals surface area contributed by atoms with Gasteiger partial charge in [0.05, 0.1) is 28.6 Å². The summed E-state index contributed by atoms with van der Waals surface area (Å²) in [6, 6.07) is 0. The Morgan fingerprint density at radius 3 is 2.94 bits per heavy atom. The minimum absolute atomic E-state index is 0.978. The van der Waals surface area contributed by atoms with Crippen molar-refractivity contribution in [2.24, 2.45) is 3.21 Å². The SMILES string of the molecule is C/C=C(\C#C/C1=C/C=C\C=C/CCC1)C(C)=NI. The van der Waals surface area contributed by atoms with Crippen LogP contribution in [0.25, 0.3) is 0 Å². The number of allylic oxidation sites excluding steroid dienone is 8. The number of hydrogen-bond acceptors (Lipinski definition) is 1. The predicted octanol–water partition coefficient (Wildman–Crippen LogP) is 4.97. The fourth-order valence-corrected chi connectivity index (χ4v) is 1.83. The summed E-state index contributed by atoms with van der Waals surface area (Å²) in [6.45, 7) is 3.98. The van der Waals surface area contributed by atoms with E-state index >= 15 is 0 Å². The monoisotopic (exact) mass is 351 g/mol. The van der Waals surface area contributed by atoms with Gasteiger partial charge >= 0.3 is 0 Å². The van der Waals surface area contributed by atoms with Gasteiger partial charge in [0.15, 0.2) is 0 Å². The number of nitrogens with zero attached hydrogens (tertiary/aromatic N) is 1. The molecule has 0 saturated heterocycles. The largest absolute Gasteiger partial charge is 0.219 e. The fourth-order valence-electron chi connectivity index (χ4n) is 1.57. The van der Waals surface area contributed by atoms with E-state index in [0.29, 0.717) is 0 Å². The van der Waals surface area contributed by atoms with Crippen molar-refractivity contribution in [3.05, 3.63) is 47.6 Å². The standard InChI is InChI=1S/C16H18IN/c1-3-16(14(2)18-17)13-12-15-10-8-6-4-5-7-9-11-15/h3-6,8,10H,7,9,11H2,1-2H3/b5-4-,8-6-,15-10+,16-3+,18-14?. The highest BCUT2D eigenvalue weighted by Crippen LogP contribution is 2.10. The highest BCUT2D eigenvalue weighted by molar-refractivity contribution is 14.1. The van der Waals surface area contributed by atoms with E-state index in [1.807, 2.05) is 42.8 Å². The zero-order chi connectivity index (χ0) is 13.2. The highest BCUT2D eigenvalue weighted by atomic mass is 127. The van der Waals surface area contributed by atoms with Crippen molar-refractivity contribution in [2.75, 3.05) is 0 Å². The molecule has 0 bridgehead atoms. The third-order valence-electron chi connectivity index (χ3n) is 2.64. The Morgan fingerprint density at radius 1 is 1.39 bits per heavy atom. The molecule has 1 aliphatic rings. The first-order chi connectivity index (χ1) is 8.77. The Kier molecular flexibility index (Phi) is 7.43. The van der Waals surface area contributed by atoms with E-state index in [9.17, 15) is 0 Å². The molecule has 1 rings (SSSR count). The molecule has 0 atom stereocenters. The van der Waals surface area contributed by atoms with Crippen molar-refractivity contribution in [2.45, 2.75) is 33.1 Å². The summed E-state index contributed by atoms with van der Waals surface area (Å²) in [4.78, 5) is 0. The van der Waals surface area contributed by atoms with Crippen LogP contribution in [0, 0.1) is 11.8 Å². The molecule has 0 N–H and O–H groups in total. The van der Waals surface area contributed by atoms with Crippen molar-refractivity contribution >= 4 is 28.6 Å². The minimum atomic E-state index is 0.978. The molecule has 0 heterocycles. The molecule has 0 spiro atoms. The first-order valence-electron chi connectivity index (χ1n) is 6.14. The lowest BCUT2D eigenvalue weighted by atomic mass is 10.1. The highest BCUT2D eigenvalue weighted by Gasteiger charge is 1.97. The molecule has 2 heteroatoms. The maximum absolute atomic E-state index is 4.14. The van der Waals surface area contributed by atoms with Gasteiger partial charge in [-0.05, 0) is 33.1 Å². The van der Waals surface area contributed by atoms with Crippen LogP contribution < -0.4 is 0 Å². The second-order valence-corrected chi connectivity index (χ2v) is 4.50. The topological polar surface area (TPSA) is 12.4 Å². The second-order valence-electron chi connectivity index (χ2n) is 4.02. The molecule has 0 aliphatic heterocycles. The van der Waals surface area contributed by atoms with E-state index < -0.39 is 0 Å². The van der Waals surface area contributed by atoms with Gasteiger partial charge < -0.3 is 0 Å². The van der Waals surface area contributed by atoms with Crippen molar-refractivity contribution < 1.29 is 0 Å². The Bertz CT molecular complexity index is 479. The third kappa shape index (κ3) is 5.50. The van der Waals surface area contributed by atoms with Crippen molar-refractivity contribution in [3.8, 4) is 11.8 Å². The molecule has 0 aromatic rings. The summed E-state index contributed by atoms with van der Waals surface area (Å²) in [7, 11) is 0. The smallest absolute Gasteiger partial charge is 0.0834 e. The maximum Gasteiger partial charge on any atom is 0.0834 e. The van der Waals surface area contributed by atoms with E-state index in [2.05, 4.69) is 45.4 Å². The van der Waals surface area contributed by atoms with Crippen molar-refractivity contribution in [3.63, 3.8) is 0 Å². The molecule has 0 saturated carbocycles. The number of hydrogen-bond donors (Lipinski definition) is 0. The third-order valence-corrected chi connectivity index (χ3v) is 3.36. The molecular formula is C16H18IN. The lowest BCUT2D eigenvalue weighted by Gasteiger charge is -1.98. The number of rotatable bonds is 1. The zero-order valence-electron chi connectivity index (χ0n) is 10.9. The second kappa shape index (κ2) is 8.93. The maximum atomic E-state index is 4.14. The molecule has 0 unspecified atom stereocenters. The van der Waals surface area contributed by atoms with Crippen molar-refractivity contribution in [1.29, 1.82) is 0 Å². The molecule has 1 aliphatic carbocycles. The molecule has 0 amide bonds. The van der Waals surface area contributed by atoms with Crippen LogP contribution in [0.2, 0.25) is 0 Å². The van der Waals surface area contributed by atoms with Crippen LogP contribution in [0.5, 0.6) is 0 Å².